The molecule has 0 aliphatic carbocycles. The van der Waals surface area contributed by atoms with Crippen LogP contribution in [0.4, 0.5) is 8.78 Å². The van der Waals surface area contributed by atoms with Gasteiger partial charge < -0.3 is 5.11 Å². The summed E-state index contributed by atoms with van der Waals surface area (Å²) in [4.78, 5) is 0. The number of aryl methyl sites for hydroxylation is 2. The summed E-state index contributed by atoms with van der Waals surface area (Å²) >= 11 is 0. The molecule has 0 saturated carbocycles. The van der Waals surface area contributed by atoms with Crippen molar-refractivity contribution >= 4 is 0 Å². The second-order valence-electron chi connectivity index (χ2n) is 5.49. The Morgan fingerprint density at radius 1 is 1.00 bits per heavy atom. The van der Waals surface area contributed by atoms with Gasteiger partial charge in [0.2, 0.25) is 0 Å². The second kappa shape index (κ2) is 5.33. The van der Waals surface area contributed by atoms with Gasteiger partial charge in [0.25, 0.3) is 0 Å². The van der Waals surface area contributed by atoms with E-state index in [2.05, 4.69) is 0 Å². The minimum absolute atomic E-state index is 0.0988. The van der Waals surface area contributed by atoms with E-state index in [0.717, 1.165) is 22.8 Å². The molecule has 2 rings (SSSR count). The summed E-state index contributed by atoms with van der Waals surface area (Å²) in [5, 5.41) is 10.6. The Morgan fingerprint density at radius 3 is 2.30 bits per heavy atom. The quantitative estimate of drug-likeness (QED) is 0.897. The van der Waals surface area contributed by atoms with Gasteiger partial charge in [0, 0.05) is 12.5 Å². The van der Waals surface area contributed by atoms with Crippen molar-refractivity contribution in [2.24, 2.45) is 0 Å². The molecule has 3 heteroatoms. The summed E-state index contributed by atoms with van der Waals surface area (Å²) in [6.45, 7) is 5.60. The number of hydrogen-bond donors (Lipinski definition) is 1. The summed E-state index contributed by atoms with van der Waals surface area (Å²) in [5.74, 6) is -1.24. The SMILES string of the molecule is Cc1ccc(C(C)(O)Cc2ccc(F)cc2F)cc1C. The summed E-state index contributed by atoms with van der Waals surface area (Å²) in [7, 11) is 0. The number of rotatable bonds is 3. The van der Waals surface area contributed by atoms with Gasteiger partial charge in [-0.05, 0) is 49.1 Å². The van der Waals surface area contributed by atoms with Crippen molar-refractivity contribution in [3.8, 4) is 0 Å². The fraction of sp³-hybridized carbons (Fsp3) is 0.294. The predicted molar refractivity (Wildman–Crippen MR) is 75.5 cm³/mol. The monoisotopic (exact) mass is 276 g/mol. The molecule has 0 aliphatic rings. The van der Waals surface area contributed by atoms with Crippen molar-refractivity contribution in [3.63, 3.8) is 0 Å². The van der Waals surface area contributed by atoms with Gasteiger partial charge in [-0.15, -0.1) is 0 Å². The Balaban J connectivity index is 2.32. The molecule has 2 aromatic rings. The molecule has 0 amide bonds. The fourth-order valence-electron chi connectivity index (χ4n) is 2.21. The average Bonchev–Trinajstić information content (AvgIpc) is 2.36. The smallest absolute Gasteiger partial charge is 0.129 e. The first kappa shape index (κ1) is 14.7. The van der Waals surface area contributed by atoms with E-state index < -0.39 is 17.2 Å². The molecule has 0 heterocycles. The van der Waals surface area contributed by atoms with Gasteiger partial charge in [0.1, 0.15) is 11.6 Å². The summed E-state index contributed by atoms with van der Waals surface area (Å²) in [5.41, 5.74) is 2.04. The topological polar surface area (TPSA) is 20.2 Å². The summed E-state index contributed by atoms with van der Waals surface area (Å²) in [6.07, 6.45) is 0.0988. The van der Waals surface area contributed by atoms with Gasteiger partial charge in [0.05, 0.1) is 5.60 Å². The zero-order chi connectivity index (χ0) is 14.9. The van der Waals surface area contributed by atoms with Crippen molar-refractivity contribution in [1.82, 2.24) is 0 Å². The van der Waals surface area contributed by atoms with Crippen LogP contribution >= 0.6 is 0 Å². The number of benzene rings is 2. The van der Waals surface area contributed by atoms with Crippen LogP contribution in [0.3, 0.4) is 0 Å². The highest BCUT2D eigenvalue weighted by atomic mass is 19.1. The lowest BCUT2D eigenvalue weighted by molar-refractivity contribution is 0.0566. The molecule has 2 aromatic carbocycles. The normalized spacial score (nSPS) is 14.1. The lowest BCUT2D eigenvalue weighted by Gasteiger charge is -2.25. The molecule has 0 radical (unpaired) electrons. The fourth-order valence-corrected chi connectivity index (χ4v) is 2.21. The summed E-state index contributed by atoms with van der Waals surface area (Å²) < 4.78 is 26.6. The van der Waals surface area contributed by atoms with Crippen LogP contribution < -0.4 is 0 Å². The minimum atomic E-state index is -1.20. The third kappa shape index (κ3) is 3.05. The lowest BCUT2D eigenvalue weighted by Crippen LogP contribution is -2.25. The zero-order valence-electron chi connectivity index (χ0n) is 11.9. The van der Waals surface area contributed by atoms with Gasteiger partial charge in [-0.25, -0.2) is 8.78 Å². The van der Waals surface area contributed by atoms with E-state index in [-0.39, 0.29) is 6.42 Å². The highest BCUT2D eigenvalue weighted by Crippen LogP contribution is 2.28. The molecule has 0 aliphatic heterocycles. The third-order valence-corrected chi connectivity index (χ3v) is 3.68. The molecule has 0 aromatic heterocycles. The first-order valence-electron chi connectivity index (χ1n) is 6.53. The van der Waals surface area contributed by atoms with E-state index in [1.165, 1.54) is 12.1 Å². The Bertz CT molecular complexity index is 633. The van der Waals surface area contributed by atoms with Crippen molar-refractivity contribution in [3.05, 3.63) is 70.3 Å². The van der Waals surface area contributed by atoms with Crippen LogP contribution in [0.2, 0.25) is 0 Å². The molecule has 20 heavy (non-hydrogen) atoms. The molecule has 0 fully saturated rings. The standard InChI is InChI=1S/C17H18F2O/c1-11-4-6-14(8-12(11)2)17(3,20)10-13-5-7-15(18)9-16(13)19/h4-9,20H,10H2,1-3H3. The first-order valence-corrected chi connectivity index (χ1v) is 6.53. The maximum Gasteiger partial charge on any atom is 0.129 e. The Morgan fingerprint density at radius 2 is 1.70 bits per heavy atom. The summed E-state index contributed by atoms with van der Waals surface area (Å²) in [6, 6.07) is 9.08. The van der Waals surface area contributed by atoms with E-state index in [4.69, 9.17) is 0 Å². The van der Waals surface area contributed by atoms with Gasteiger partial charge >= 0.3 is 0 Å². The maximum atomic E-state index is 13.7. The number of halogens is 2. The lowest BCUT2D eigenvalue weighted by atomic mass is 9.87. The molecular weight excluding hydrogens is 258 g/mol. The van der Waals surface area contributed by atoms with Gasteiger partial charge in [-0.1, -0.05) is 24.3 Å². The molecule has 0 spiro atoms. The van der Waals surface area contributed by atoms with Crippen molar-refractivity contribution in [2.75, 3.05) is 0 Å². The van der Waals surface area contributed by atoms with Crippen LogP contribution in [-0.4, -0.2) is 5.11 Å². The van der Waals surface area contributed by atoms with E-state index in [1.807, 2.05) is 32.0 Å². The van der Waals surface area contributed by atoms with Crippen LogP contribution in [0.1, 0.15) is 29.2 Å². The van der Waals surface area contributed by atoms with E-state index in [9.17, 15) is 13.9 Å². The number of aliphatic hydroxyl groups is 1. The molecule has 1 unspecified atom stereocenters. The largest absolute Gasteiger partial charge is 0.385 e. The van der Waals surface area contributed by atoms with Gasteiger partial charge in [-0.2, -0.15) is 0 Å². The Kier molecular flexibility index (Phi) is 3.91. The van der Waals surface area contributed by atoms with E-state index in [0.29, 0.717) is 5.56 Å². The van der Waals surface area contributed by atoms with Crippen molar-refractivity contribution in [1.29, 1.82) is 0 Å². The van der Waals surface area contributed by atoms with Crippen LogP contribution in [0.15, 0.2) is 36.4 Å². The molecular formula is C17H18F2O. The maximum absolute atomic E-state index is 13.7. The molecule has 106 valence electrons. The molecule has 1 nitrogen and oxygen atoms in total. The first-order chi connectivity index (χ1) is 9.29. The van der Waals surface area contributed by atoms with E-state index >= 15 is 0 Å². The average molecular weight is 276 g/mol. The molecule has 0 bridgehead atoms. The highest BCUT2D eigenvalue weighted by molar-refractivity contribution is 5.34. The van der Waals surface area contributed by atoms with Crippen LogP contribution in [0.5, 0.6) is 0 Å². The van der Waals surface area contributed by atoms with Crippen molar-refractivity contribution < 1.29 is 13.9 Å². The Hall–Kier alpha value is -1.74. The van der Waals surface area contributed by atoms with Gasteiger partial charge in [0.15, 0.2) is 0 Å². The second-order valence-corrected chi connectivity index (χ2v) is 5.49. The Labute approximate surface area is 117 Å². The minimum Gasteiger partial charge on any atom is -0.385 e. The highest BCUT2D eigenvalue weighted by Gasteiger charge is 2.25. The third-order valence-electron chi connectivity index (χ3n) is 3.68. The molecule has 1 atom stereocenters. The van der Waals surface area contributed by atoms with Crippen molar-refractivity contribution in [2.45, 2.75) is 32.8 Å². The zero-order valence-corrected chi connectivity index (χ0v) is 11.9. The van der Waals surface area contributed by atoms with Gasteiger partial charge in [-0.3, -0.25) is 0 Å². The predicted octanol–water partition coefficient (Wildman–Crippen LogP) is 4.03. The molecule has 0 saturated heterocycles. The molecule has 1 N–H and O–H groups in total. The van der Waals surface area contributed by atoms with E-state index in [1.54, 1.807) is 6.92 Å². The van der Waals surface area contributed by atoms with Crippen LogP contribution in [-0.2, 0) is 12.0 Å². The number of hydrogen-bond acceptors (Lipinski definition) is 1. The van der Waals surface area contributed by atoms with Crippen LogP contribution in [0, 0.1) is 25.5 Å². The van der Waals surface area contributed by atoms with Crippen LogP contribution in [0.25, 0.3) is 0 Å².